The zero-order chi connectivity index (χ0) is 16.5. The van der Waals surface area contributed by atoms with Gasteiger partial charge in [-0.3, -0.25) is 9.59 Å². The Bertz CT molecular complexity index is 626. The van der Waals surface area contributed by atoms with Gasteiger partial charge in [-0.1, -0.05) is 36.4 Å². The molecule has 0 saturated heterocycles. The lowest BCUT2D eigenvalue weighted by molar-refractivity contribution is -0.118. The zero-order valence-electron chi connectivity index (χ0n) is 13.4. The summed E-state index contributed by atoms with van der Waals surface area (Å²) in [6.45, 7) is 3.09. The fourth-order valence-electron chi connectivity index (χ4n) is 2.38. The molecule has 0 saturated carbocycles. The minimum atomic E-state index is -0.103. The average molecular weight is 310 g/mol. The van der Waals surface area contributed by atoms with Gasteiger partial charge in [0.1, 0.15) is 0 Å². The maximum absolute atomic E-state index is 12.3. The minimum absolute atomic E-state index is 0.0765. The van der Waals surface area contributed by atoms with Crippen LogP contribution in [0.3, 0.4) is 0 Å². The molecule has 23 heavy (non-hydrogen) atoms. The van der Waals surface area contributed by atoms with E-state index in [0.717, 1.165) is 5.69 Å². The van der Waals surface area contributed by atoms with E-state index in [2.05, 4.69) is 5.32 Å². The number of anilines is 1. The van der Waals surface area contributed by atoms with E-state index in [4.69, 9.17) is 0 Å². The van der Waals surface area contributed by atoms with Crippen LogP contribution in [-0.4, -0.2) is 24.9 Å². The van der Waals surface area contributed by atoms with Crippen molar-refractivity contribution in [2.75, 3.05) is 18.0 Å². The fraction of sp³-hybridized carbons (Fsp3) is 0.263. The third-order valence-corrected chi connectivity index (χ3v) is 3.57. The number of hydrogen-bond acceptors (Lipinski definition) is 2. The molecule has 2 aromatic rings. The van der Waals surface area contributed by atoms with Gasteiger partial charge in [0.25, 0.3) is 5.91 Å². The van der Waals surface area contributed by atoms with Crippen molar-refractivity contribution in [1.29, 1.82) is 0 Å². The summed E-state index contributed by atoms with van der Waals surface area (Å²) in [6, 6.07) is 18.7. The molecule has 4 nitrogen and oxygen atoms in total. The van der Waals surface area contributed by atoms with Gasteiger partial charge < -0.3 is 10.2 Å². The molecule has 0 aliphatic heterocycles. The number of nitrogens with one attached hydrogen (secondary N) is 1. The minimum Gasteiger partial charge on any atom is -0.352 e. The van der Waals surface area contributed by atoms with Crippen molar-refractivity contribution >= 4 is 17.5 Å². The molecule has 1 N–H and O–H groups in total. The van der Waals surface area contributed by atoms with Crippen LogP contribution in [0.5, 0.6) is 0 Å². The topological polar surface area (TPSA) is 49.4 Å². The number of hydrogen-bond donors (Lipinski definition) is 1. The maximum Gasteiger partial charge on any atom is 0.251 e. The summed E-state index contributed by atoms with van der Waals surface area (Å²) < 4.78 is 0. The van der Waals surface area contributed by atoms with E-state index in [1.807, 2.05) is 55.5 Å². The lowest BCUT2D eigenvalue weighted by Gasteiger charge is -2.21. The Morgan fingerprint density at radius 3 is 2.17 bits per heavy atom. The van der Waals surface area contributed by atoms with Gasteiger partial charge in [-0.15, -0.1) is 0 Å². The highest BCUT2D eigenvalue weighted by Gasteiger charge is 2.13. The average Bonchev–Trinajstić information content (AvgIpc) is 2.61. The molecule has 2 amide bonds. The molecular formula is C19H22N2O2. The molecule has 4 heteroatoms. The normalized spacial score (nSPS) is 10.1. The number of carbonyl (C=O) groups excluding carboxylic acids is 2. The molecule has 2 aromatic carbocycles. The molecular weight excluding hydrogens is 288 g/mol. The second-order valence-electron chi connectivity index (χ2n) is 5.20. The number of nitrogens with zero attached hydrogens (tertiary/aromatic N) is 1. The van der Waals surface area contributed by atoms with E-state index in [0.29, 0.717) is 31.5 Å². The Balaban J connectivity index is 1.77. The third-order valence-electron chi connectivity index (χ3n) is 3.57. The molecule has 0 bridgehead atoms. The summed E-state index contributed by atoms with van der Waals surface area (Å²) in [5.74, 6) is -0.0267. The molecule has 0 fully saturated rings. The summed E-state index contributed by atoms with van der Waals surface area (Å²) in [6.07, 6.45) is 1.04. The second kappa shape index (κ2) is 8.73. The van der Waals surface area contributed by atoms with Crippen molar-refractivity contribution in [2.24, 2.45) is 0 Å². The number of amides is 2. The van der Waals surface area contributed by atoms with Crippen LogP contribution in [0.25, 0.3) is 0 Å². The van der Waals surface area contributed by atoms with Crippen LogP contribution in [0.1, 0.15) is 30.1 Å². The van der Waals surface area contributed by atoms with E-state index in [1.54, 1.807) is 17.0 Å². The van der Waals surface area contributed by atoms with Crippen LogP contribution in [0.2, 0.25) is 0 Å². The summed E-state index contributed by atoms with van der Waals surface area (Å²) in [5, 5.41) is 2.84. The first-order chi connectivity index (χ1) is 11.2. The first-order valence-corrected chi connectivity index (χ1v) is 7.91. The largest absolute Gasteiger partial charge is 0.352 e. The molecule has 120 valence electrons. The highest BCUT2D eigenvalue weighted by Crippen LogP contribution is 2.14. The van der Waals surface area contributed by atoms with Gasteiger partial charge in [-0.25, -0.2) is 0 Å². The van der Waals surface area contributed by atoms with Crippen LogP contribution in [0.4, 0.5) is 5.69 Å². The quantitative estimate of drug-likeness (QED) is 0.798. The molecule has 0 spiro atoms. The van der Waals surface area contributed by atoms with Gasteiger partial charge >= 0.3 is 0 Å². The van der Waals surface area contributed by atoms with Crippen molar-refractivity contribution in [3.8, 4) is 0 Å². The van der Waals surface area contributed by atoms with Gasteiger partial charge in [0.15, 0.2) is 0 Å². The van der Waals surface area contributed by atoms with Crippen molar-refractivity contribution in [2.45, 2.75) is 19.8 Å². The maximum atomic E-state index is 12.3. The summed E-state index contributed by atoms with van der Waals surface area (Å²) >= 11 is 0. The smallest absolute Gasteiger partial charge is 0.251 e. The predicted molar refractivity (Wildman–Crippen MR) is 92.5 cm³/mol. The van der Waals surface area contributed by atoms with Crippen molar-refractivity contribution in [3.05, 3.63) is 66.2 Å². The summed E-state index contributed by atoms with van der Waals surface area (Å²) in [5.41, 5.74) is 1.55. The fourth-order valence-corrected chi connectivity index (χ4v) is 2.38. The first-order valence-electron chi connectivity index (χ1n) is 7.91. The second-order valence-corrected chi connectivity index (χ2v) is 5.20. The number of rotatable bonds is 7. The highest BCUT2D eigenvalue weighted by atomic mass is 16.2. The molecule has 0 unspecified atom stereocenters. The predicted octanol–water partition coefficient (Wildman–Crippen LogP) is 3.25. The highest BCUT2D eigenvalue weighted by molar-refractivity contribution is 5.94. The van der Waals surface area contributed by atoms with Gasteiger partial charge in [0.05, 0.1) is 0 Å². The van der Waals surface area contributed by atoms with E-state index in [1.165, 1.54) is 0 Å². The van der Waals surface area contributed by atoms with E-state index in [-0.39, 0.29) is 11.8 Å². The van der Waals surface area contributed by atoms with Crippen LogP contribution in [0, 0.1) is 0 Å². The Morgan fingerprint density at radius 1 is 0.957 bits per heavy atom. The van der Waals surface area contributed by atoms with Gasteiger partial charge in [-0.2, -0.15) is 0 Å². The van der Waals surface area contributed by atoms with Crippen LogP contribution >= 0.6 is 0 Å². The molecule has 0 atom stereocenters. The van der Waals surface area contributed by atoms with Crippen molar-refractivity contribution in [3.63, 3.8) is 0 Å². The van der Waals surface area contributed by atoms with Crippen LogP contribution in [-0.2, 0) is 4.79 Å². The first kappa shape index (κ1) is 16.7. The van der Waals surface area contributed by atoms with Crippen LogP contribution < -0.4 is 10.2 Å². The Labute approximate surface area is 137 Å². The van der Waals surface area contributed by atoms with E-state index in [9.17, 15) is 9.59 Å². The number of para-hydroxylation sites is 1. The SMILES string of the molecule is CCN(C(=O)CCCNC(=O)c1ccccc1)c1ccccc1. The third kappa shape index (κ3) is 4.95. The van der Waals surface area contributed by atoms with Gasteiger partial charge in [0.2, 0.25) is 5.91 Å². The Kier molecular flexibility index (Phi) is 6.36. The molecule has 0 aliphatic rings. The van der Waals surface area contributed by atoms with Crippen molar-refractivity contribution < 1.29 is 9.59 Å². The standard InChI is InChI=1S/C19H22N2O2/c1-2-21(17-12-7-4-8-13-17)18(22)14-9-15-20-19(23)16-10-5-3-6-11-16/h3-8,10-13H,2,9,14-15H2,1H3,(H,20,23). The molecule has 0 heterocycles. The van der Waals surface area contributed by atoms with Gasteiger partial charge in [0, 0.05) is 30.8 Å². The Hall–Kier alpha value is -2.62. The molecule has 2 rings (SSSR count). The van der Waals surface area contributed by atoms with Crippen LogP contribution in [0.15, 0.2) is 60.7 Å². The molecule has 0 aromatic heterocycles. The zero-order valence-corrected chi connectivity index (χ0v) is 13.4. The lowest BCUT2D eigenvalue weighted by atomic mass is 10.2. The number of benzene rings is 2. The summed E-state index contributed by atoms with van der Waals surface area (Å²) in [7, 11) is 0. The molecule has 0 aliphatic carbocycles. The molecule has 0 radical (unpaired) electrons. The number of carbonyl (C=O) groups is 2. The summed E-state index contributed by atoms with van der Waals surface area (Å²) in [4.78, 5) is 26.0. The monoisotopic (exact) mass is 310 g/mol. The lowest BCUT2D eigenvalue weighted by Crippen LogP contribution is -2.31. The van der Waals surface area contributed by atoms with Crippen molar-refractivity contribution in [1.82, 2.24) is 5.32 Å². The Morgan fingerprint density at radius 2 is 1.57 bits per heavy atom. The van der Waals surface area contributed by atoms with E-state index < -0.39 is 0 Å². The van der Waals surface area contributed by atoms with Gasteiger partial charge in [-0.05, 0) is 37.6 Å². The van der Waals surface area contributed by atoms with E-state index >= 15 is 0 Å².